The topological polar surface area (TPSA) is 20.3 Å². The fourth-order valence-electron chi connectivity index (χ4n) is 2.16. The number of likely N-dealkylation sites (tertiary alicyclic amines) is 1. The van der Waals surface area contributed by atoms with Crippen molar-refractivity contribution >= 4 is 5.91 Å². The predicted octanol–water partition coefficient (Wildman–Crippen LogP) is 2.04. The average Bonchev–Trinajstić information content (AvgIpc) is 2.91. The maximum Gasteiger partial charge on any atom is 0.225 e. The van der Waals surface area contributed by atoms with Gasteiger partial charge < -0.3 is 4.90 Å². The van der Waals surface area contributed by atoms with Crippen LogP contribution in [-0.4, -0.2) is 23.4 Å². The number of piperidine rings is 1. The van der Waals surface area contributed by atoms with E-state index >= 15 is 0 Å². The molecule has 2 heteroatoms. The van der Waals surface area contributed by atoms with Gasteiger partial charge in [0.05, 0.1) is 0 Å². The first-order valence-corrected chi connectivity index (χ1v) is 5.49. The van der Waals surface area contributed by atoms with Crippen molar-refractivity contribution in [2.75, 3.05) is 6.54 Å². The number of hydrogen-bond acceptors (Lipinski definition) is 1. The van der Waals surface area contributed by atoms with Crippen LogP contribution >= 0.6 is 0 Å². The quantitative estimate of drug-likeness (QED) is 0.606. The smallest absolute Gasteiger partial charge is 0.225 e. The van der Waals surface area contributed by atoms with Crippen LogP contribution in [-0.2, 0) is 4.79 Å². The largest absolute Gasteiger partial charge is 0.339 e. The molecule has 2 aliphatic rings. The molecule has 2 atom stereocenters. The molecule has 0 aromatic heterocycles. The summed E-state index contributed by atoms with van der Waals surface area (Å²) in [5, 5.41) is 0. The minimum absolute atomic E-state index is 0.396. The van der Waals surface area contributed by atoms with Crippen LogP contribution in [0.15, 0.2) is 0 Å². The highest BCUT2D eigenvalue weighted by Crippen LogP contribution is 2.33. The first-order chi connectivity index (χ1) is 6.18. The van der Waals surface area contributed by atoms with Crippen LogP contribution < -0.4 is 0 Å². The Balaban J connectivity index is 1.97. The minimum Gasteiger partial charge on any atom is -0.339 e. The SMILES string of the molecule is C[C@@H]1CC[C@H](C)N(C(=O)C2CC2)C1. The first-order valence-electron chi connectivity index (χ1n) is 5.49. The van der Waals surface area contributed by atoms with Gasteiger partial charge in [0.25, 0.3) is 0 Å². The van der Waals surface area contributed by atoms with Crippen molar-refractivity contribution in [2.45, 2.75) is 45.6 Å². The van der Waals surface area contributed by atoms with Gasteiger partial charge in [-0.15, -0.1) is 0 Å². The lowest BCUT2D eigenvalue weighted by Crippen LogP contribution is -2.45. The molecule has 0 aromatic rings. The highest BCUT2D eigenvalue weighted by Gasteiger charge is 2.36. The van der Waals surface area contributed by atoms with Gasteiger partial charge in [-0.25, -0.2) is 0 Å². The number of rotatable bonds is 1. The summed E-state index contributed by atoms with van der Waals surface area (Å²) in [7, 11) is 0. The zero-order valence-corrected chi connectivity index (χ0v) is 8.62. The van der Waals surface area contributed by atoms with Gasteiger partial charge in [-0.3, -0.25) is 4.79 Å². The molecule has 13 heavy (non-hydrogen) atoms. The molecule has 1 aliphatic heterocycles. The Bertz CT molecular complexity index is 210. The Kier molecular flexibility index (Phi) is 2.31. The first kappa shape index (κ1) is 9.04. The molecule has 0 aromatic carbocycles. The number of carbonyl (C=O) groups is 1. The molecule has 74 valence electrons. The molecule has 0 N–H and O–H groups in total. The normalized spacial score (nSPS) is 34.8. The van der Waals surface area contributed by atoms with Gasteiger partial charge in [-0.2, -0.15) is 0 Å². The lowest BCUT2D eigenvalue weighted by molar-refractivity contribution is -0.136. The summed E-state index contributed by atoms with van der Waals surface area (Å²) in [6, 6.07) is 0.490. The van der Waals surface area contributed by atoms with Crippen LogP contribution in [0.25, 0.3) is 0 Å². The van der Waals surface area contributed by atoms with Crippen molar-refractivity contribution in [1.82, 2.24) is 4.90 Å². The van der Waals surface area contributed by atoms with Gasteiger partial charge in [0.1, 0.15) is 0 Å². The fourth-order valence-corrected chi connectivity index (χ4v) is 2.16. The van der Waals surface area contributed by atoms with E-state index in [9.17, 15) is 4.79 Å². The maximum atomic E-state index is 11.8. The molecule has 2 nitrogen and oxygen atoms in total. The second kappa shape index (κ2) is 3.32. The highest BCUT2D eigenvalue weighted by molar-refractivity contribution is 5.81. The summed E-state index contributed by atoms with van der Waals surface area (Å²) < 4.78 is 0. The monoisotopic (exact) mass is 181 g/mol. The molecule has 2 fully saturated rings. The molecule has 2 rings (SSSR count). The third kappa shape index (κ3) is 1.87. The fraction of sp³-hybridized carbons (Fsp3) is 0.909. The summed E-state index contributed by atoms with van der Waals surface area (Å²) in [6.45, 7) is 5.43. The summed E-state index contributed by atoms with van der Waals surface area (Å²) in [6.07, 6.45) is 4.75. The van der Waals surface area contributed by atoms with Crippen LogP contribution in [0.4, 0.5) is 0 Å². The summed E-state index contributed by atoms with van der Waals surface area (Å²) in [5.41, 5.74) is 0. The second-order valence-corrected chi connectivity index (χ2v) is 4.80. The van der Waals surface area contributed by atoms with Crippen LogP contribution in [0, 0.1) is 11.8 Å². The van der Waals surface area contributed by atoms with Crippen molar-refractivity contribution in [2.24, 2.45) is 11.8 Å². The summed E-state index contributed by atoms with van der Waals surface area (Å²) >= 11 is 0. The molecule has 0 spiro atoms. The van der Waals surface area contributed by atoms with Crippen LogP contribution in [0.3, 0.4) is 0 Å². The molecule has 1 amide bonds. The Morgan fingerprint density at radius 3 is 2.46 bits per heavy atom. The molecule has 0 radical (unpaired) electrons. The van der Waals surface area contributed by atoms with Crippen LogP contribution in [0.2, 0.25) is 0 Å². The standard InChI is InChI=1S/C11H19NO/c1-8-3-4-9(2)12(7-8)11(13)10-5-6-10/h8-10H,3-7H2,1-2H3/t8-,9+/m1/s1. The number of nitrogens with zero attached hydrogens (tertiary/aromatic N) is 1. The van der Waals surface area contributed by atoms with Crippen molar-refractivity contribution in [3.63, 3.8) is 0 Å². The number of carbonyl (C=O) groups excluding carboxylic acids is 1. The third-order valence-corrected chi connectivity index (χ3v) is 3.33. The zero-order chi connectivity index (χ0) is 9.42. The number of hydrogen-bond donors (Lipinski definition) is 0. The van der Waals surface area contributed by atoms with E-state index in [0.717, 1.165) is 19.4 Å². The van der Waals surface area contributed by atoms with Gasteiger partial charge >= 0.3 is 0 Å². The van der Waals surface area contributed by atoms with Gasteiger partial charge in [-0.1, -0.05) is 6.92 Å². The second-order valence-electron chi connectivity index (χ2n) is 4.80. The predicted molar refractivity (Wildman–Crippen MR) is 52.3 cm³/mol. The average molecular weight is 181 g/mol. The van der Waals surface area contributed by atoms with E-state index in [1.165, 1.54) is 12.8 Å². The van der Waals surface area contributed by atoms with Gasteiger partial charge in [0.15, 0.2) is 0 Å². The van der Waals surface area contributed by atoms with E-state index in [-0.39, 0.29) is 0 Å². The Hall–Kier alpha value is -0.530. The molecule has 1 aliphatic carbocycles. The van der Waals surface area contributed by atoms with Gasteiger partial charge in [0.2, 0.25) is 5.91 Å². The van der Waals surface area contributed by atoms with E-state index < -0.39 is 0 Å². The molecule has 0 unspecified atom stereocenters. The molecule has 1 saturated heterocycles. The van der Waals surface area contributed by atoms with Crippen molar-refractivity contribution < 1.29 is 4.79 Å². The lowest BCUT2D eigenvalue weighted by atomic mass is 9.94. The third-order valence-electron chi connectivity index (χ3n) is 3.33. The molecule has 0 bridgehead atoms. The van der Waals surface area contributed by atoms with E-state index in [4.69, 9.17) is 0 Å². The molecule has 1 saturated carbocycles. The Morgan fingerprint density at radius 1 is 1.15 bits per heavy atom. The van der Waals surface area contributed by atoms with Crippen LogP contribution in [0.5, 0.6) is 0 Å². The van der Waals surface area contributed by atoms with E-state index in [2.05, 4.69) is 18.7 Å². The van der Waals surface area contributed by atoms with Crippen molar-refractivity contribution in [1.29, 1.82) is 0 Å². The van der Waals surface area contributed by atoms with E-state index in [1.807, 2.05) is 0 Å². The van der Waals surface area contributed by atoms with Crippen molar-refractivity contribution in [3.05, 3.63) is 0 Å². The van der Waals surface area contributed by atoms with E-state index in [1.54, 1.807) is 0 Å². The highest BCUT2D eigenvalue weighted by atomic mass is 16.2. The summed E-state index contributed by atoms with van der Waals surface area (Å²) in [5.74, 6) is 1.53. The summed E-state index contributed by atoms with van der Waals surface area (Å²) in [4.78, 5) is 14.0. The molecular formula is C11H19NO. The van der Waals surface area contributed by atoms with Crippen molar-refractivity contribution in [3.8, 4) is 0 Å². The van der Waals surface area contributed by atoms with Crippen LogP contribution in [0.1, 0.15) is 39.5 Å². The minimum atomic E-state index is 0.396. The lowest BCUT2D eigenvalue weighted by Gasteiger charge is -2.37. The Labute approximate surface area is 80.3 Å². The Morgan fingerprint density at radius 2 is 1.85 bits per heavy atom. The van der Waals surface area contributed by atoms with E-state index in [0.29, 0.717) is 23.8 Å². The molecule has 1 heterocycles. The molecular weight excluding hydrogens is 162 g/mol. The number of amides is 1. The zero-order valence-electron chi connectivity index (χ0n) is 8.62. The maximum absolute atomic E-state index is 11.8. The van der Waals surface area contributed by atoms with Gasteiger partial charge in [0, 0.05) is 18.5 Å². The van der Waals surface area contributed by atoms with Gasteiger partial charge in [-0.05, 0) is 38.5 Å².